The third kappa shape index (κ3) is 8.89. The molecule has 1 heterocycles. The van der Waals surface area contributed by atoms with E-state index < -0.39 is 29.4 Å². The van der Waals surface area contributed by atoms with Crippen LogP contribution in [0.5, 0.6) is 0 Å². The van der Waals surface area contributed by atoms with E-state index in [1.165, 1.54) is 12.3 Å². The van der Waals surface area contributed by atoms with E-state index in [0.717, 1.165) is 0 Å². The Morgan fingerprint density at radius 2 is 1.44 bits per heavy atom. The van der Waals surface area contributed by atoms with Gasteiger partial charge in [0.2, 0.25) is 0 Å². The van der Waals surface area contributed by atoms with Gasteiger partial charge in [-0.25, -0.2) is 14.4 Å². The zero-order valence-electron chi connectivity index (χ0n) is 16.5. The van der Waals surface area contributed by atoms with Gasteiger partial charge < -0.3 is 25.2 Å². The summed E-state index contributed by atoms with van der Waals surface area (Å²) in [7, 11) is 0. The molecule has 0 fully saturated rings. The highest BCUT2D eigenvalue weighted by Crippen LogP contribution is 2.12. The van der Waals surface area contributed by atoms with Gasteiger partial charge in [-0.15, -0.1) is 0 Å². The molecule has 0 aromatic carbocycles. The molecule has 3 N–H and O–H groups in total. The van der Waals surface area contributed by atoms with Crippen LogP contribution in [0.3, 0.4) is 0 Å². The van der Waals surface area contributed by atoms with Crippen LogP contribution in [0.25, 0.3) is 0 Å². The van der Waals surface area contributed by atoms with E-state index in [2.05, 4.69) is 15.6 Å². The molecule has 27 heavy (non-hydrogen) atoms. The summed E-state index contributed by atoms with van der Waals surface area (Å²) < 4.78 is 10.3. The molecule has 0 unspecified atom stereocenters. The fourth-order valence-corrected chi connectivity index (χ4v) is 1.92. The van der Waals surface area contributed by atoms with Crippen molar-refractivity contribution in [3.63, 3.8) is 0 Å². The Labute approximate surface area is 158 Å². The fourth-order valence-electron chi connectivity index (χ4n) is 1.92. The van der Waals surface area contributed by atoms with Crippen molar-refractivity contribution in [2.45, 2.75) is 65.8 Å². The number of ether oxygens (including phenoxy) is 2. The third-order valence-electron chi connectivity index (χ3n) is 2.93. The van der Waals surface area contributed by atoms with Gasteiger partial charge in [0.1, 0.15) is 11.2 Å². The van der Waals surface area contributed by atoms with Crippen molar-refractivity contribution in [2.24, 2.45) is 0 Å². The van der Waals surface area contributed by atoms with Gasteiger partial charge in [-0.1, -0.05) is 0 Å². The van der Waals surface area contributed by atoms with E-state index in [4.69, 9.17) is 14.6 Å². The number of carboxylic acids is 1. The Balaban J connectivity index is 2.86. The lowest BCUT2D eigenvalue weighted by atomic mass is 10.1. The van der Waals surface area contributed by atoms with Gasteiger partial charge in [-0.3, -0.25) is 4.98 Å². The summed E-state index contributed by atoms with van der Waals surface area (Å²) in [5.74, 6) is -1.15. The van der Waals surface area contributed by atoms with Crippen LogP contribution in [-0.2, 0) is 22.6 Å². The summed E-state index contributed by atoms with van der Waals surface area (Å²) in [6.07, 6.45) is -0.0854. The molecule has 2 amide bonds. The fraction of sp³-hybridized carbons (Fsp3) is 0.556. The number of nitrogens with zero attached hydrogens (tertiary/aromatic N) is 1. The minimum Gasteiger partial charge on any atom is -0.478 e. The molecule has 0 radical (unpaired) electrons. The number of aromatic carboxylic acids is 1. The van der Waals surface area contributed by atoms with Gasteiger partial charge in [0, 0.05) is 12.7 Å². The normalized spacial score (nSPS) is 11.5. The largest absolute Gasteiger partial charge is 0.478 e. The number of alkyl carbamates (subject to hydrolysis) is 2. The molecule has 0 atom stereocenters. The average Bonchev–Trinajstić information content (AvgIpc) is 2.47. The number of rotatable bonds is 5. The van der Waals surface area contributed by atoms with Gasteiger partial charge in [-0.05, 0) is 53.2 Å². The Kier molecular flexibility index (Phi) is 7.15. The first-order chi connectivity index (χ1) is 12.3. The summed E-state index contributed by atoms with van der Waals surface area (Å²) in [6, 6.07) is 1.39. The third-order valence-corrected chi connectivity index (χ3v) is 2.93. The molecule has 0 saturated heterocycles. The lowest BCUT2D eigenvalue weighted by Crippen LogP contribution is -2.34. The molecule has 1 aromatic rings. The number of carboxylic acid groups (broad SMARTS) is 1. The van der Waals surface area contributed by atoms with Gasteiger partial charge >= 0.3 is 18.2 Å². The quantitative estimate of drug-likeness (QED) is 0.715. The molecule has 0 spiro atoms. The van der Waals surface area contributed by atoms with E-state index in [0.29, 0.717) is 11.3 Å². The first kappa shape index (κ1) is 22.2. The summed E-state index contributed by atoms with van der Waals surface area (Å²) in [6.45, 7) is 10.4. The van der Waals surface area contributed by atoms with Crippen molar-refractivity contribution >= 4 is 18.2 Å². The van der Waals surface area contributed by atoms with Crippen LogP contribution < -0.4 is 10.6 Å². The topological polar surface area (TPSA) is 127 Å². The number of carbonyl (C=O) groups is 3. The first-order valence-corrected chi connectivity index (χ1v) is 8.41. The van der Waals surface area contributed by atoms with Crippen LogP contribution in [-0.4, -0.2) is 39.4 Å². The molecule has 1 aromatic heterocycles. The number of hydrogen-bond donors (Lipinski definition) is 3. The van der Waals surface area contributed by atoms with Crippen LogP contribution in [0.1, 0.15) is 63.2 Å². The second-order valence-corrected chi connectivity index (χ2v) is 7.85. The zero-order chi connectivity index (χ0) is 20.8. The van der Waals surface area contributed by atoms with Crippen molar-refractivity contribution in [3.05, 3.63) is 29.1 Å². The maximum absolute atomic E-state index is 11.8. The Bertz CT molecular complexity index is 704. The van der Waals surface area contributed by atoms with Crippen LogP contribution in [0.4, 0.5) is 9.59 Å². The SMILES string of the molecule is CC(C)(C)OC(=O)NCc1cc(C(=O)O)cnc1CNC(=O)OC(C)(C)C. The maximum Gasteiger partial charge on any atom is 0.407 e. The van der Waals surface area contributed by atoms with Crippen LogP contribution in [0.2, 0.25) is 0 Å². The van der Waals surface area contributed by atoms with Crippen molar-refractivity contribution in [1.82, 2.24) is 15.6 Å². The summed E-state index contributed by atoms with van der Waals surface area (Å²) in [4.78, 5) is 38.9. The van der Waals surface area contributed by atoms with E-state index in [-0.39, 0.29) is 18.7 Å². The molecule has 0 aliphatic carbocycles. The number of aromatic nitrogens is 1. The molecule has 0 saturated carbocycles. The van der Waals surface area contributed by atoms with Gasteiger partial charge in [0.15, 0.2) is 0 Å². The molecule has 150 valence electrons. The average molecular weight is 381 g/mol. The molecule has 1 rings (SSSR count). The molecular weight excluding hydrogens is 354 g/mol. The molecule has 9 heteroatoms. The Hall–Kier alpha value is -2.84. The minimum absolute atomic E-state index is 0.00559. The van der Waals surface area contributed by atoms with Gasteiger partial charge in [-0.2, -0.15) is 0 Å². The standard InChI is InChI=1S/C18H27N3O6/c1-17(2,3)26-15(24)20-8-11-7-12(14(22)23)9-19-13(11)10-21-16(25)27-18(4,5)6/h7,9H,8,10H2,1-6H3,(H,20,24)(H,21,25)(H,22,23). The number of hydrogen-bond acceptors (Lipinski definition) is 6. The predicted octanol–water partition coefficient (Wildman–Crippen LogP) is 2.83. The molecule has 0 bridgehead atoms. The van der Waals surface area contributed by atoms with E-state index >= 15 is 0 Å². The second-order valence-electron chi connectivity index (χ2n) is 7.85. The van der Waals surface area contributed by atoms with Crippen LogP contribution in [0.15, 0.2) is 12.3 Å². The number of amides is 2. The smallest absolute Gasteiger partial charge is 0.407 e. The summed E-state index contributed by atoms with van der Waals surface area (Å²) >= 11 is 0. The molecule has 9 nitrogen and oxygen atoms in total. The second kappa shape index (κ2) is 8.70. The van der Waals surface area contributed by atoms with Crippen molar-refractivity contribution in [3.8, 4) is 0 Å². The van der Waals surface area contributed by atoms with Crippen molar-refractivity contribution in [1.29, 1.82) is 0 Å². The lowest BCUT2D eigenvalue weighted by molar-refractivity contribution is 0.0508. The van der Waals surface area contributed by atoms with Crippen LogP contribution in [0, 0.1) is 0 Å². The summed E-state index contributed by atoms with van der Waals surface area (Å²) in [5.41, 5.74) is -0.492. The molecule has 0 aliphatic rings. The van der Waals surface area contributed by atoms with E-state index in [1.54, 1.807) is 41.5 Å². The van der Waals surface area contributed by atoms with Crippen molar-refractivity contribution in [2.75, 3.05) is 0 Å². The number of carbonyl (C=O) groups excluding carboxylic acids is 2. The molecular formula is C18H27N3O6. The maximum atomic E-state index is 11.8. The minimum atomic E-state index is -1.15. The Morgan fingerprint density at radius 1 is 0.963 bits per heavy atom. The van der Waals surface area contributed by atoms with E-state index in [9.17, 15) is 14.4 Å². The number of pyridine rings is 1. The zero-order valence-corrected chi connectivity index (χ0v) is 16.5. The highest BCUT2D eigenvalue weighted by molar-refractivity contribution is 5.87. The first-order valence-electron chi connectivity index (χ1n) is 8.41. The summed E-state index contributed by atoms with van der Waals surface area (Å²) in [5, 5.41) is 14.2. The lowest BCUT2D eigenvalue weighted by Gasteiger charge is -2.21. The number of nitrogens with one attached hydrogen (secondary N) is 2. The Morgan fingerprint density at radius 3 is 1.89 bits per heavy atom. The van der Waals surface area contributed by atoms with Crippen LogP contribution >= 0.6 is 0 Å². The van der Waals surface area contributed by atoms with Gasteiger partial charge in [0.05, 0.1) is 17.8 Å². The monoisotopic (exact) mass is 381 g/mol. The highest BCUT2D eigenvalue weighted by atomic mass is 16.6. The highest BCUT2D eigenvalue weighted by Gasteiger charge is 2.19. The van der Waals surface area contributed by atoms with Gasteiger partial charge in [0.25, 0.3) is 0 Å². The molecule has 0 aliphatic heterocycles. The predicted molar refractivity (Wildman–Crippen MR) is 97.3 cm³/mol. The van der Waals surface area contributed by atoms with E-state index in [1.807, 2.05) is 0 Å². The van der Waals surface area contributed by atoms with Crippen molar-refractivity contribution < 1.29 is 29.0 Å².